The van der Waals surface area contributed by atoms with Crippen molar-refractivity contribution in [1.82, 2.24) is 5.32 Å². The molecule has 0 saturated carbocycles. The average Bonchev–Trinajstić information content (AvgIpc) is 1.65. The fourth-order valence-electron chi connectivity index (χ4n) is 0.447. The molecule has 0 unspecified atom stereocenters. The van der Waals surface area contributed by atoms with Crippen LogP contribution in [0.3, 0.4) is 0 Å². The van der Waals surface area contributed by atoms with E-state index < -0.39 is 0 Å². The maximum absolute atomic E-state index is 5.43. The van der Waals surface area contributed by atoms with Gasteiger partial charge in [0.05, 0.1) is 5.88 Å². The van der Waals surface area contributed by atoms with Crippen LogP contribution in [-0.4, -0.2) is 11.9 Å². The Morgan fingerprint density at radius 1 is 1.75 bits per heavy atom. The number of hydrogen-bond acceptors (Lipinski definition) is 1. The van der Waals surface area contributed by atoms with Gasteiger partial charge in [-0.25, -0.2) is 0 Å². The number of alkyl halides is 1. The van der Waals surface area contributed by atoms with Gasteiger partial charge in [-0.1, -0.05) is 6.58 Å². The minimum absolute atomic E-state index is 0.446. The van der Waals surface area contributed by atoms with Crippen molar-refractivity contribution in [3.63, 3.8) is 0 Å². The van der Waals surface area contributed by atoms with Crippen molar-refractivity contribution in [1.29, 1.82) is 0 Å². The lowest BCUT2D eigenvalue weighted by atomic mass is 10.4. The van der Waals surface area contributed by atoms with Gasteiger partial charge in [-0.2, -0.15) is 0 Å². The van der Waals surface area contributed by atoms with Gasteiger partial charge in [-0.15, -0.1) is 11.6 Å². The lowest BCUT2D eigenvalue weighted by Gasteiger charge is -2.08. The van der Waals surface area contributed by atoms with Crippen molar-refractivity contribution in [3.05, 3.63) is 12.3 Å². The van der Waals surface area contributed by atoms with Gasteiger partial charge in [0.1, 0.15) is 0 Å². The highest BCUT2D eigenvalue weighted by atomic mass is 35.5. The number of hydrogen-bond donors (Lipinski definition) is 1. The molecule has 2 heteroatoms. The maximum Gasteiger partial charge on any atom is 0.0615 e. The molecule has 0 aliphatic heterocycles. The maximum atomic E-state index is 5.43. The molecule has 48 valence electrons. The van der Waals surface area contributed by atoms with Gasteiger partial charge in [0.25, 0.3) is 0 Å². The van der Waals surface area contributed by atoms with Crippen molar-refractivity contribution in [2.45, 2.75) is 19.9 Å². The molecular weight excluding hydrogens is 122 g/mol. The third-order valence-electron chi connectivity index (χ3n) is 0.654. The Kier molecular flexibility index (Phi) is 3.71. The van der Waals surface area contributed by atoms with Gasteiger partial charge >= 0.3 is 0 Å². The van der Waals surface area contributed by atoms with E-state index >= 15 is 0 Å². The summed E-state index contributed by atoms with van der Waals surface area (Å²) in [5.74, 6) is 0.498. The number of nitrogens with one attached hydrogen (secondary N) is 1. The fraction of sp³-hybridized carbons (Fsp3) is 0.667. The molecule has 0 heterocycles. The van der Waals surface area contributed by atoms with Gasteiger partial charge in [0.15, 0.2) is 0 Å². The van der Waals surface area contributed by atoms with Gasteiger partial charge < -0.3 is 5.32 Å². The minimum atomic E-state index is 0.446. The largest absolute Gasteiger partial charge is 0.386 e. The summed E-state index contributed by atoms with van der Waals surface area (Å²) in [6.07, 6.45) is 0. The van der Waals surface area contributed by atoms with E-state index in [1.165, 1.54) is 0 Å². The summed E-state index contributed by atoms with van der Waals surface area (Å²) in [7, 11) is 0. The molecule has 0 rings (SSSR count). The van der Waals surface area contributed by atoms with Gasteiger partial charge in [0.2, 0.25) is 0 Å². The monoisotopic (exact) mass is 133 g/mol. The molecule has 1 nitrogen and oxygen atoms in total. The SMILES string of the molecule is C=C(CCl)NC(C)C. The Labute approximate surface area is 55.7 Å². The quantitative estimate of drug-likeness (QED) is 0.579. The molecule has 0 amide bonds. The Balaban J connectivity index is 3.25. The standard InChI is InChI=1S/C6H12ClN/c1-5(2)8-6(3)4-7/h5,8H,3-4H2,1-2H3. The molecule has 0 atom stereocenters. The summed E-state index contributed by atoms with van der Waals surface area (Å²) in [5, 5.41) is 3.07. The Morgan fingerprint density at radius 2 is 2.25 bits per heavy atom. The second-order valence-electron chi connectivity index (χ2n) is 2.04. The minimum Gasteiger partial charge on any atom is -0.386 e. The fourth-order valence-corrected chi connectivity index (χ4v) is 0.524. The molecule has 0 aliphatic carbocycles. The summed E-state index contributed by atoms with van der Waals surface area (Å²) >= 11 is 5.43. The van der Waals surface area contributed by atoms with Crippen molar-refractivity contribution in [2.75, 3.05) is 5.88 Å². The van der Waals surface area contributed by atoms with E-state index in [4.69, 9.17) is 11.6 Å². The van der Waals surface area contributed by atoms with Gasteiger partial charge in [-0.05, 0) is 13.8 Å². The van der Waals surface area contributed by atoms with Crippen LogP contribution in [0.1, 0.15) is 13.8 Å². The first-order valence-corrected chi connectivity index (χ1v) is 3.20. The average molecular weight is 134 g/mol. The molecule has 0 aliphatic rings. The summed E-state index contributed by atoms with van der Waals surface area (Å²) in [6.45, 7) is 7.78. The Bertz CT molecular complexity index is 78.6. The second kappa shape index (κ2) is 3.79. The molecule has 0 spiro atoms. The molecule has 0 aromatic carbocycles. The highest BCUT2D eigenvalue weighted by Gasteiger charge is 1.91. The van der Waals surface area contributed by atoms with Gasteiger partial charge in [0, 0.05) is 11.7 Å². The molecule has 0 aromatic rings. The Morgan fingerprint density at radius 3 is 2.38 bits per heavy atom. The third-order valence-corrected chi connectivity index (χ3v) is 0.977. The zero-order chi connectivity index (χ0) is 6.57. The zero-order valence-corrected chi connectivity index (χ0v) is 6.13. The number of rotatable bonds is 3. The number of allylic oxidation sites excluding steroid dienone is 1. The molecule has 0 aromatic heterocycles. The highest BCUT2D eigenvalue weighted by Crippen LogP contribution is 1.89. The van der Waals surface area contributed by atoms with Crippen LogP contribution in [0.4, 0.5) is 0 Å². The second-order valence-corrected chi connectivity index (χ2v) is 2.30. The van der Waals surface area contributed by atoms with Crippen LogP contribution in [0.15, 0.2) is 12.3 Å². The van der Waals surface area contributed by atoms with Crippen molar-refractivity contribution >= 4 is 11.6 Å². The third kappa shape index (κ3) is 4.00. The predicted molar refractivity (Wildman–Crippen MR) is 38.1 cm³/mol. The summed E-state index contributed by atoms with van der Waals surface area (Å²) in [4.78, 5) is 0. The van der Waals surface area contributed by atoms with Crippen LogP contribution in [0.25, 0.3) is 0 Å². The summed E-state index contributed by atoms with van der Waals surface area (Å²) < 4.78 is 0. The van der Waals surface area contributed by atoms with Crippen LogP contribution < -0.4 is 5.32 Å². The summed E-state index contributed by atoms with van der Waals surface area (Å²) in [5.41, 5.74) is 0.890. The molecule has 8 heavy (non-hydrogen) atoms. The molecule has 0 radical (unpaired) electrons. The zero-order valence-electron chi connectivity index (χ0n) is 5.37. The number of halogens is 1. The van der Waals surface area contributed by atoms with E-state index in [2.05, 4.69) is 25.7 Å². The first-order chi connectivity index (χ1) is 3.66. The van der Waals surface area contributed by atoms with Crippen LogP contribution >= 0.6 is 11.6 Å². The highest BCUT2D eigenvalue weighted by molar-refractivity contribution is 6.19. The van der Waals surface area contributed by atoms with E-state index in [9.17, 15) is 0 Å². The van der Waals surface area contributed by atoms with Crippen molar-refractivity contribution in [3.8, 4) is 0 Å². The van der Waals surface area contributed by atoms with E-state index in [1.54, 1.807) is 0 Å². The predicted octanol–water partition coefficient (Wildman–Crippen LogP) is 1.74. The van der Waals surface area contributed by atoms with E-state index in [0.29, 0.717) is 11.9 Å². The van der Waals surface area contributed by atoms with Gasteiger partial charge in [-0.3, -0.25) is 0 Å². The smallest absolute Gasteiger partial charge is 0.0615 e. The lowest BCUT2D eigenvalue weighted by Crippen LogP contribution is -2.21. The molecule has 0 bridgehead atoms. The van der Waals surface area contributed by atoms with E-state index in [-0.39, 0.29) is 0 Å². The molecule has 1 N–H and O–H groups in total. The van der Waals surface area contributed by atoms with Crippen molar-refractivity contribution < 1.29 is 0 Å². The lowest BCUT2D eigenvalue weighted by molar-refractivity contribution is 0.673. The molecule has 0 saturated heterocycles. The Hall–Kier alpha value is -0.170. The van der Waals surface area contributed by atoms with Crippen molar-refractivity contribution in [2.24, 2.45) is 0 Å². The summed E-state index contributed by atoms with van der Waals surface area (Å²) in [6, 6.07) is 0.446. The first kappa shape index (κ1) is 7.83. The normalized spacial score (nSPS) is 9.50. The molecular formula is C6H12ClN. The van der Waals surface area contributed by atoms with E-state index in [1.807, 2.05) is 0 Å². The van der Waals surface area contributed by atoms with E-state index in [0.717, 1.165) is 5.70 Å². The van der Waals surface area contributed by atoms with Crippen LogP contribution in [0, 0.1) is 0 Å². The van der Waals surface area contributed by atoms with Crippen LogP contribution in [0.5, 0.6) is 0 Å². The van der Waals surface area contributed by atoms with Crippen LogP contribution in [0.2, 0.25) is 0 Å². The topological polar surface area (TPSA) is 12.0 Å². The first-order valence-electron chi connectivity index (χ1n) is 2.67. The van der Waals surface area contributed by atoms with Crippen LogP contribution in [-0.2, 0) is 0 Å². The molecule has 0 fully saturated rings.